The molecule has 4 heterocycles. The number of aliphatic carboxylic acids is 1. The number of aromatic nitrogens is 3. The molecule has 0 bridgehead atoms. The smallest absolute Gasteiger partial charge is 0.362 e. The van der Waals surface area contributed by atoms with Crippen LogP contribution in [0.4, 0.5) is 10.9 Å². The minimum atomic E-state index is -5.08. The zero-order valence-corrected chi connectivity index (χ0v) is 26.4. The van der Waals surface area contributed by atoms with E-state index in [2.05, 4.69) is 31.1 Å². The number of pyridine rings is 2. The van der Waals surface area contributed by atoms with Gasteiger partial charge in [-0.1, -0.05) is 5.16 Å². The number of β-lactam (4-membered cyclic amide) rings is 1. The van der Waals surface area contributed by atoms with E-state index in [9.17, 15) is 52.4 Å². The average molecular weight is 710 g/mol. The van der Waals surface area contributed by atoms with Crippen LogP contribution in [0.2, 0.25) is 0 Å². The van der Waals surface area contributed by atoms with Crippen LogP contribution in [0.15, 0.2) is 45.9 Å². The van der Waals surface area contributed by atoms with Gasteiger partial charge in [-0.15, -0.1) is 11.3 Å². The second-order valence-corrected chi connectivity index (χ2v) is 12.6. The summed E-state index contributed by atoms with van der Waals surface area (Å²) < 4.78 is 34.1. The minimum absolute atomic E-state index is 0.0202. The summed E-state index contributed by atoms with van der Waals surface area (Å²) in [6, 6.07) is 0.617. The fourth-order valence-corrected chi connectivity index (χ4v) is 5.40. The van der Waals surface area contributed by atoms with Crippen LogP contribution < -0.4 is 27.1 Å². The molecule has 23 heteroatoms. The number of carboxylic acid groups (broad SMARTS) is 1. The lowest BCUT2D eigenvalue weighted by Gasteiger charge is -2.44. The van der Waals surface area contributed by atoms with E-state index in [1.807, 2.05) is 0 Å². The maximum atomic E-state index is 13.2. The number of anilines is 2. The molecule has 3 aromatic rings. The second kappa shape index (κ2) is 13.5. The lowest BCUT2D eigenvalue weighted by molar-refractivity contribution is -0.161. The molecule has 2 atom stereocenters. The van der Waals surface area contributed by atoms with Crippen molar-refractivity contribution in [1.29, 1.82) is 0 Å². The number of carbonyl (C=O) groups is 4. The molecule has 4 rings (SSSR count). The molecule has 9 N–H and O–H groups in total. The van der Waals surface area contributed by atoms with E-state index in [0.29, 0.717) is 4.73 Å². The molecule has 1 aliphatic heterocycles. The van der Waals surface area contributed by atoms with E-state index in [1.165, 1.54) is 17.5 Å². The molecule has 3 amide bonds. The molecule has 48 heavy (non-hydrogen) atoms. The Morgan fingerprint density at radius 1 is 1.23 bits per heavy atom. The Labute approximate surface area is 273 Å². The summed E-state index contributed by atoms with van der Waals surface area (Å²) in [5.41, 5.74) is 2.29. The lowest BCUT2D eigenvalue weighted by Crippen LogP contribution is -2.74. The number of carboxylic acids is 1. The zero-order chi connectivity index (χ0) is 35.6. The lowest BCUT2D eigenvalue weighted by atomic mass is 9.98. The number of rotatable bonds is 13. The Hall–Kier alpha value is -5.81. The van der Waals surface area contributed by atoms with Crippen LogP contribution in [0.5, 0.6) is 5.75 Å². The largest absolute Gasteiger partial charge is 0.503 e. The van der Waals surface area contributed by atoms with Crippen LogP contribution in [0.3, 0.4) is 0 Å². The van der Waals surface area contributed by atoms with Gasteiger partial charge in [0.2, 0.25) is 11.0 Å². The number of carbonyl (C=O) groups excluding carboxylic acids is 3. The average Bonchev–Trinajstić information content (AvgIpc) is 3.43. The molecule has 256 valence electrons. The van der Waals surface area contributed by atoms with Crippen molar-refractivity contribution in [3.8, 4) is 5.75 Å². The number of hydrogen-bond donors (Lipinski definition) is 8. The minimum Gasteiger partial charge on any atom is -0.503 e. The highest BCUT2D eigenvalue weighted by molar-refractivity contribution is 7.84. The van der Waals surface area contributed by atoms with Gasteiger partial charge in [0.15, 0.2) is 16.6 Å². The van der Waals surface area contributed by atoms with Crippen LogP contribution in [-0.2, 0) is 36.1 Å². The molecule has 0 aromatic carbocycles. The van der Waals surface area contributed by atoms with Gasteiger partial charge in [-0.2, -0.15) is 13.1 Å². The molecule has 21 nitrogen and oxygen atoms in total. The first-order chi connectivity index (χ1) is 22.4. The molecule has 0 saturated carbocycles. The third-order valence-electron chi connectivity index (χ3n) is 6.60. The van der Waals surface area contributed by atoms with Crippen molar-refractivity contribution in [2.75, 3.05) is 17.6 Å². The van der Waals surface area contributed by atoms with Crippen LogP contribution in [0.25, 0.3) is 0 Å². The Bertz CT molecular complexity index is 1960. The highest BCUT2D eigenvalue weighted by Crippen LogP contribution is 2.25. The number of aromatic hydroxyl groups is 1. The summed E-state index contributed by atoms with van der Waals surface area (Å²) in [4.78, 5) is 74.5. The Morgan fingerprint density at radius 2 is 1.94 bits per heavy atom. The third-order valence-corrected chi connectivity index (χ3v) is 8.22. The molecule has 0 unspecified atom stereocenters. The number of nitrogen functional groups attached to an aromatic ring is 1. The summed E-state index contributed by atoms with van der Waals surface area (Å²) in [6.45, 7) is 1.63. The summed E-state index contributed by atoms with van der Waals surface area (Å²) in [7, 11) is -5.08. The maximum absolute atomic E-state index is 13.2. The van der Waals surface area contributed by atoms with E-state index in [0.717, 1.165) is 43.6 Å². The third kappa shape index (κ3) is 7.76. The normalized spacial score (nSPS) is 16.5. The van der Waals surface area contributed by atoms with E-state index in [4.69, 9.17) is 10.6 Å². The highest BCUT2D eigenvalue weighted by atomic mass is 32.2. The van der Waals surface area contributed by atoms with Gasteiger partial charge < -0.3 is 41.9 Å². The first-order valence-corrected chi connectivity index (χ1v) is 15.6. The molecule has 0 radical (unpaired) electrons. The second-order valence-electron chi connectivity index (χ2n) is 10.4. The van der Waals surface area contributed by atoms with Crippen molar-refractivity contribution in [3.63, 3.8) is 0 Å². The summed E-state index contributed by atoms with van der Waals surface area (Å²) in [5.74, 6) is -5.00. The molecular formula is C25H27N9O12S2. The summed E-state index contributed by atoms with van der Waals surface area (Å²) in [6.07, 6.45) is 1.90. The molecule has 1 saturated heterocycles. The first-order valence-electron chi connectivity index (χ1n) is 13.3. The van der Waals surface area contributed by atoms with E-state index in [-0.39, 0.29) is 38.8 Å². The van der Waals surface area contributed by atoms with E-state index >= 15 is 0 Å². The standard InChI is InChI=1S/C25H27N9O12S2/c1-25(2,23(40)41)46-32-18(13-10-47-24(26)30-13)21(38)31-19-14(34(22(19)39)48(43,44)45)8-28-17-4-3-11(6-27-17)20(37)29-7-12-5-15(35)16(36)9-33(12)42/h3-6,9-10,14,19,36,42H,7-8H2,1-2H3,(H2,26,30)(H,27,28)(H,29,37)(H,31,38)(H,40,41)(H,43,44,45)/b32-18-/t14-,19+/m1/s1. The maximum Gasteiger partial charge on any atom is 0.362 e. The van der Waals surface area contributed by atoms with Crippen molar-refractivity contribution in [2.45, 2.75) is 38.1 Å². The van der Waals surface area contributed by atoms with Crippen LogP contribution in [0, 0.1) is 0 Å². The van der Waals surface area contributed by atoms with Crippen molar-refractivity contribution >= 4 is 62.0 Å². The van der Waals surface area contributed by atoms with Gasteiger partial charge in [0.25, 0.3) is 17.7 Å². The Kier molecular flexibility index (Phi) is 9.86. The van der Waals surface area contributed by atoms with Crippen molar-refractivity contribution < 1.29 is 52.4 Å². The van der Waals surface area contributed by atoms with Crippen LogP contribution in [-0.4, -0.2) is 101 Å². The van der Waals surface area contributed by atoms with Gasteiger partial charge in [-0.05, 0) is 26.0 Å². The van der Waals surface area contributed by atoms with Gasteiger partial charge in [-0.3, -0.25) is 23.7 Å². The molecule has 0 aliphatic carbocycles. The monoisotopic (exact) mass is 709 g/mol. The highest BCUT2D eigenvalue weighted by Gasteiger charge is 2.54. The number of amides is 3. The molecule has 3 aromatic heterocycles. The number of thiazole rings is 1. The first kappa shape index (κ1) is 35.1. The Balaban J connectivity index is 1.45. The number of nitrogens with zero attached hydrogens (tertiary/aromatic N) is 5. The number of hydrogen-bond acceptors (Lipinski definition) is 16. The van der Waals surface area contributed by atoms with Gasteiger partial charge in [0, 0.05) is 24.2 Å². The van der Waals surface area contributed by atoms with Crippen molar-refractivity contribution in [3.05, 3.63) is 63.1 Å². The van der Waals surface area contributed by atoms with Crippen molar-refractivity contribution in [2.24, 2.45) is 5.16 Å². The molecule has 1 fully saturated rings. The summed E-state index contributed by atoms with van der Waals surface area (Å²) >= 11 is 0.919. The Morgan fingerprint density at radius 3 is 2.52 bits per heavy atom. The van der Waals surface area contributed by atoms with Gasteiger partial charge in [0.1, 0.15) is 17.6 Å². The fraction of sp³-hybridized carbons (Fsp3) is 0.280. The van der Waals surface area contributed by atoms with Crippen LogP contribution in [0.1, 0.15) is 35.6 Å². The van der Waals surface area contributed by atoms with Gasteiger partial charge >= 0.3 is 16.3 Å². The fourth-order valence-electron chi connectivity index (χ4n) is 3.97. The number of oxime groups is 1. The quantitative estimate of drug-likeness (QED) is 0.0324. The van der Waals surface area contributed by atoms with Gasteiger partial charge in [-0.25, -0.2) is 19.1 Å². The topological polar surface area (TPSA) is 318 Å². The molecule has 0 spiro atoms. The number of nitrogens with one attached hydrogen (secondary N) is 3. The van der Waals surface area contributed by atoms with Gasteiger partial charge in [0.05, 0.1) is 30.0 Å². The summed E-state index contributed by atoms with van der Waals surface area (Å²) in [5, 5.41) is 40.8. The zero-order valence-electron chi connectivity index (χ0n) is 24.7. The SMILES string of the molecule is CC(C)(O/N=C(\C(=O)N[C@@H]1C(=O)N(S(=O)(=O)O)[C@@H]1CNc1ccc(C(=O)NCc2cc(=O)c(O)cn2O)cn1)c1csc(N)n1)C(=O)O. The number of nitrogens with two attached hydrogens (primary N) is 1. The van der Waals surface area contributed by atoms with E-state index in [1.54, 1.807) is 0 Å². The van der Waals surface area contributed by atoms with E-state index < -0.39 is 75.1 Å². The molecular weight excluding hydrogens is 682 g/mol. The molecule has 1 aliphatic rings. The predicted molar refractivity (Wildman–Crippen MR) is 163 cm³/mol. The van der Waals surface area contributed by atoms with Crippen LogP contribution >= 0.6 is 11.3 Å². The predicted octanol–water partition coefficient (Wildman–Crippen LogP) is -1.65. The van der Waals surface area contributed by atoms with Crippen molar-refractivity contribution in [1.82, 2.24) is 29.6 Å².